The zero-order valence-corrected chi connectivity index (χ0v) is 15.5. The van der Waals surface area contributed by atoms with Crippen molar-refractivity contribution < 1.29 is 4.39 Å². The van der Waals surface area contributed by atoms with Gasteiger partial charge in [0.15, 0.2) is 11.5 Å². The van der Waals surface area contributed by atoms with E-state index in [0.717, 1.165) is 16.9 Å². The van der Waals surface area contributed by atoms with Gasteiger partial charge in [-0.05, 0) is 36.4 Å². The second-order valence-corrected chi connectivity index (χ2v) is 7.36. The highest BCUT2D eigenvalue weighted by Crippen LogP contribution is 2.23. The second kappa shape index (κ2) is 6.97. The summed E-state index contributed by atoms with van der Waals surface area (Å²) in [7, 11) is 0. The zero-order chi connectivity index (χ0) is 18.9. The third-order valence-electron chi connectivity index (χ3n) is 4.36. The van der Waals surface area contributed by atoms with Gasteiger partial charge in [-0.15, -0.1) is 26.6 Å². The summed E-state index contributed by atoms with van der Waals surface area (Å²) in [5, 5.41) is 17.1. The van der Waals surface area contributed by atoms with Crippen molar-refractivity contribution in [2.24, 2.45) is 0 Å². The molecule has 8 heteroatoms. The van der Waals surface area contributed by atoms with Crippen LogP contribution >= 0.6 is 11.3 Å². The molecule has 0 saturated carbocycles. The molecular weight excluding hydrogens is 375 g/mol. The normalized spacial score (nSPS) is 11.3. The van der Waals surface area contributed by atoms with Gasteiger partial charge in [-0.2, -0.15) is 4.52 Å². The first-order chi connectivity index (χ1) is 13.8. The van der Waals surface area contributed by atoms with E-state index in [1.165, 1.54) is 10.8 Å². The van der Waals surface area contributed by atoms with Crippen molar-refractivity contribution in [2.45, 2.75) is 6.42 Å². The highest BCUT2D eigenvalue weighted by molar-refractivity contribution is 7.18. The van der Waals surface area contributed by atoms with E-state index in [9.17, 15) is 4.39 Å². The lowest BCUT2D eigenvalue weighted by Gasteiger charge is -2.06. The number of hydrogen-bond donors (Lipinski definition) is 1. The lowest BCUT2D eigenvalue weighted by atomic mass is 10.2. The van der Waals surface area contributed by atoms with Crippen molar-refractivity contribution in [1.29, 1.82) is 0 Å². The number of rotatable bonds is 5. The Morgan fingerprint density at radius 1 is 0.964 bits per heavy atom. The average molecular weight is 390 g/mol. The van der Waals surface area contributed by atoms with Gasteiger partial charge in [0.1, 0.15) is 11.6 Å². The second-order valence-electron chi connectivity index (χ2n) is 6.24. The first-order valence-corrected chi connectivity index (χ1v) is 9.65. The minimum Gasteiger partial charge on any atom is -0.368 e. The molecule has 5 aromatic rings. The number of nitrogens with zero attached hydrogens (tertiary/aromatic N) is 5. The summed E-state index contributed by atoms with van der Waals surface area (Å²) in [6.45, 7) is 0.690. The smallest absolute Gasteiger partial charge is 0.188 e. The van der Waals surface area contributed by atoms with Crippen LogP contribution in [0.15, 0.2) is 60.7 Å². The van der Waals surface area contributed by atoms with Crippen LogP contribution in [0.3, 0.4) is 0 Å². The standard InChI is InChI=1S/C20H15FN6S/c21-14-6-2-1-5-13(14)20-25-24-18-10-9-17(26-27(18)20)22-12-11-19-23-15-7-3-4-8-16(15)28-19/h1-10H,11-12H2,(H,22,26). The van der Waals surface area contributed by atoms with E-state index < -0.39 is 0 Å². The lowest BCUT2D eigenvalue weighted by Crippen LogP contribution is -2.08. The Bertz CT molecular complexity index is 1250. The van der Waals surface area contributed by atoms with Crippen molar-refractivity contribution in [1.82, 2.24) is 24.8 Å². The van der Waals surface area contributed by atoms with Gasteiger partial charge in [0, 0.05) is 13.0 Å². The van der Waals surface area contributed by atoms with E-state index in [1.807, 2.05) is 30.3 Å². The van der Waals surface area contributed by atoms with E-state index in [2.05, 4.69) is 31.7 Å². The van der Waals surface area contributed by atoms with Gasteiger partial charge in [0.2, 0.25) is 0 Å². The quantitative estimate of drug-likeness (QED) is 0.487. The van der Waals surface area contributed by atoms with Crippen LogP contribution in [0.4, 0.5) is 10.2 Å². The van der Waals surface area contributed by atoms with Crippen molar-refractivity contribution >= 4 is 33.0 Å². The SMILES string of the molecule is Fc1ccccc1-c1nnc2ccc(NCCc3nc4ccccc4s3)nn12. The molecule has 28 heavy (non-hydrogen) atoms. The molecule has 0 unspecified atom stereocenters. The van der Waals surface area contributed by atoms with Crippen LogP contribution in [-0.2, 0) is 6.42 Å². The Morgan fingerprint density at radius 2 is 1.82 bits per heavy atom. The van der Waals surface area contributed by atoms with E-state index in [-0.39, 0.29) is 5.82 Å². The minimum atomic E-state index is -0.354. The zero-order valence-electron chi connectivity index (χ0n) is 14.7. The fourth-order valence-corrected chi connectivity index (χ4v) is 3.98. The number of hydrogen-bond acceptors (Lipinski definition) is 6. The molecule has 3 heterocycles. The Balaban J connectivity index is 1.36. The molecule has 0 spiro atoms. The number of para-hydroxylation sites is 1. The maximum atomic E-state index is 14.1. The Morgan fingerprint density at radius 3 is 2.71 bits per heavy atom. The third kappa shape index (κ3) is 3.07. The number of fused-ring (bicyclic) bond motifs is 2. The maximum absolute atomic E-state index is 14.1. The van der Waals surface area contributed by atoms with E-state index in [4.69, 9.17) is 0 Å². The van der Waals surface area contributed by atoms with Crippen LogP contribution in [0.1, 0.15) is 5.01 Å². The van der Waals surface area contributed by atoms with Crippen LogP contribution in [0.5, 0.6) is 0 Å². The molecule has 2 aromatic carbocycles. The van der Waals surface area contributed by atoms with E-state index >= 15 is 0 Å². The predicted octanol–water partition coefficient (Wildman–Crippen LogP) is 4.19. The molecule has 0 radical (unpaired) electrons. The number of anilines is 1. The molecule has 1 N–H and O–H groups in total. The molecule has 0 fully saturated rings. The molecule has 0 aliphatic rings. The molecule has 5 rings (SSSR count). The number of nitrogens with one attached hydrogen (secondary N) is 1. The summed E-state index contributed by atoms with van der Waals surface area (Å²) in [5.74, 6) is 0.696. The molecule has 0 aliphatic carbocycles. The third-order valence-corrected chi connectivity index (χ3v) is 5.46. The van der Waals surface area contributed by atoms with Crippen molar-refractivity contribution in [3.8, 4) is 11.4 Å². The Labute approximate surface area is 163 Å². The topological polar surface area (TPSA) is 68.0 Å². The fourth-order valence-electron chi connectivity index (χ4n) is 3.02. The maximum Gasteiger partial charge on any atom is 0.188 e. The molecule has 0 atom stereocenters. The molecule has 0 bridgehead atoms. The van der Waals surface area contributed by atoms with Gasteiger partial charge in [-0.1, -0.05) is 24.3 Å². The predicted molar refractivity (Wildman–Crippen MR) is 108 cm³/mol. The fraction of sp³-hybridized carbons (Fsp3) is 0.100. The molecule has 0 saturated heterocycles. The van der Waals surface area contributed by atoms with Gasteiger partial charge in [0.25, 0.3) is 0 Å². The minimum absolute atomic E-state index is 0.354. The van der Waals surface area contributed by atoms with Crippen LogP contribution in [-0.4, -0.2) is 31.3 Å². The van der Waals surface area contributed by atoms with Crippen LogP contribution < -0.4 is 5.32 Å². The summed E-state index contributed by atoms with van der Waals surface area (Å²) in [5.41, 5.74) is 1.96. The van der Waals surface area contributed by atoms with Gasteiger partial charge >= 0.3 is 0 Å². The lowest BCUT2D eigenvalue weighted by molar-refractivity contribution is 0.629. The summed E-state index contributed by atoms with van der Waals surface area (Å²) in [6.07, 6.45) is 0.793. The van der Waals surface area contributed by atoms with Crippen LogP contribution in [0, 0.1) is 5.82 Å². The van der Waals surface area contributed by atoms with Crippen LogP contribution in [0.25, 0.3) is 27.3 Å². The van der Waals surface area contributed by atoms with Crippen LogP contribution in [0.2, 0.25) is 0 Å². The highest BCUT2D eigenvalue weighted by Gasteiger charge is 2.13. The molecule has 0 aliphatic heterocycles. The summed E-state index contributed by atoms with van der Waals surface area (Å²) >= 11 is 1.70. The van der Waals surface area contributed by atoms with Gasteiger partial charge in [0.05, 0.1) is 20.8 Å². The highest BCUT2D eigenvalue weighted by atomic mass is 32.1. The van der Waals surface area contributed by atoms with E-state index in [0.29, 0.717) is 29.4 Å². The van der Waals surface area contributed by atoms with Crippen molar-refractivity contribution in [3.63, 3.8) is 0 Å². The van der Waals surface area contributed by atoms with E-state index in [1.54, 1.807) is 34.1 Å². The van der Waals surface area contributed by atoms with Crippen molar-refractivity contribution in [2.75, 3.05) is 11.9 Å². The number of halogens is 1. The first-order valence-electron chi connectivity index (χ1n) is 8.83. The Kier molecular flexibility index (Phi) is 4.17. The molecular formula is C20H15FN6S. The summed E-state index contributed by atoms with van der Waals surface area (Å²) in [6, 6.07) is 18.2. The molecule has 0 amide bonds. The molecule has 138 valence electrons. The Hall–Kier alpha value is -3.39. The number of benzene rings is 2. The van der Waals surface area contributed by atoms with Crippen molar-refractivity contribution in [3.05, 3.63) is 71.5 Å². The summed E-state index contributed by atoms with van der Waals surface area (Å²) in [4.78, 5) is 4.64. The first kappa shape index (κ1) is 16.8. The summed E-state index contributed by atoms with van der Waals surface area (Å²) < 4.78 is 16.9. The largest absolute Gasteiger partial charge is 0.368 e. The van der Waals surface area contributed by atoms with Gasteiger partial charge in [-0.3, -0.25) is 0 Å². The average Bonchev–Trinajstić information content (AvgIpc) is 3.32. The molecule has 6 nitrogen and oxygen atoms in total. The van der Waals surface area contributed by atoms with Gasteiger partial charge in [-0.25, -0.2) is 9.37 Å². The van der Waals surface area contributed by atoms with Gasteiger partial charge < -0.3 is 5.32 Å². The number of aromatic nitrogens is 5. The monoisotopic (exact) mass is 390 g/mol. The molecule has 3 aromatic heterocycles. The number of thiazole rings is 1.